The predicted molar refractivity (Wildman–Crippen MR) is 94.9 cm³/mol. The molecule has 1 unspecified atom stereocenters. The Balaban J connectivity index is 1.67. The van der Waals surface area contributed by atoms with Gasteiger partial charge in [-0.25, -0.2) is 15.0 Å². The van der Waals surface area contributed by atoms with Gasteiger partial charge in [-0.3, -0.25) is 0 Å². The second-order valence-electron chi connectivity index (χ2n) is 5.77. The summed E-state index contributed by atoms with van der Waals surface area (Å²) < 4.78 is 0.894. The van der Waals surface area contributed by atoms with Gasteiger partial charge in [0, 0.05) is 51.8 Å². The van der Waals surface area contributed by atoms with Crippen molar-refractivity contribution < 1.29 is 0 Å². The van der Waals surface area contributed by atoms with Crippen molar-refractivity contribution >= 4 is 33.6 Å². The van der Waals surface area contributed by atoms with Crippen LogP contribution in [-0.4, -0.2) is 53.2 Å². The summed E-state index contributed by atoms with van der Waals surface area (Å²) >= 11 is 3.37. The van der Waals surface area contributed by atoms with E-state index in [0.29, 0.717) is 12.0 Å². The van der Waals surface area contributed by atoms with E-state index in [9.17, 15) is 0 Å². The van der Waals surface area contributed by atoms with Crippen LogP contribution in [0.15, 0.2) is 29.1 Å². The molecule has 1 N–H and O–H groups in total. The molecule has 0 radical (unpaired) electrons. The van der Waals surface area contributed by atoms with Crippen LogP contribution < -0.4 is 15.1 Å². The molecule has 1 saturated heterocycles. The first-order chi connectivity index (χ1) is 11.1. The van der Waals surface area contributed by atoms with Crippen LogP contribution >= 0.6 is 15.9 Å². The number of nitrogens with one attached hydrogen (secondary N) is 1. The number of hydrogen-bond donors (Lipinski definition) is 1. The number of halogens is 1. The Morgan fingerprint density at radius 3 is 2.78 bits per heavy atom. The highest BCUT2D eigenvalue weighted by molar-refractivity contribution is 9.10. The van der Waals surface area contributed by atoms with Gasteiger partial charge < -0.3 is 15.1 Å². The van der Waals surface area contributed by atoms with Gasteiger partial charge in [-0.1, -0.05) is 0 Å². The Bertz CT molecular complexity index is 647. The summed E-state index contributed by atoms with van der Waals surface area (Å²) in [5.74, 6) is 2.34. The van der Waals surface area contributed by atoms with Gasteiger partial charge in [-0.2, -0.15) is 4.98 Å². The van der Waals surface area contributed by atoms with Gasteiger partial charge in [0.25, 0.3) is 0 Å². The Hall–Kier alpha value is -1.96. The van der Waals surface area contributed by atoms with E-state index in [2.05, 4.69) is 46.1 Å². The van der Waals surface area contributed by atoms with Crippen molar-refractivity contribution in [3.8, 4) is 0 Å². The lowest BCUT2D eigenvalue weighted by molar-refractivity contribution is 0.521. The van der Waals surface area contributed by atoms with Crippen LogP contribution in [0.5, 0.6) is 0 Å². The summed E-state index contributed by atoms with van der Waals surface area (Å²) in [4.78, 5) is 21.7. The zero-order chi connectivity index (χ0) is 16.2. The van der Waals surface area contributed by atoms with E-state index in [0.717, 1.165) is 42.2 Å². The first-order valence-electron chi connectivity index (χ1n) is 7.61. The summed E-state index contributed by atoms with van der Waals surface area (Å²) in [7, 11) is 3.87. The number of nitrogens with zero attached hydrogens (tertiary/aromatic N) is 6. The summed E-state index contributed by atoms with van der Waals surface area (Å²) in [6, 6.07) is 2.23. The Morgan fingerprint density at radius 1 is 1.26 bits per heavy atom. The molecular weight excluding hydrogens is 358 g/mol. The molecule has 3 rings (SSSR count). The smallest absolute Gasteiger partial charge is 0.226 e. The molecule has 7 nitrogen and oxygen atoms in total. The highest BCUT2D eigenvalue weighted by atomic mass is 79.9. The van der Waals surface area contributed by atoms with E-state index < -0.39 is 0 Å². The molecule has 8 heteroatoms. The van der Waals surface area contributed by atoms with Crippen LogP contribution in [0.25, 0.3) is 0 Å². The largest absolute Gasteiger partial charge is 0.365 e. The molecule has 2 aromatic heterocycles. The van der Waals surface area contributed by atoms with Gasteiger partial charge in [0.15, 0.2) is 0 Å². The van der Waals surface area contributed by atoms with Crippen molar-refractivity contribution in [2.45, 2.75) is 18.9 Å². The maximum Gasteiger partial charge on any atom is 0.226 e. The van der Waals surface area contributed by atoms with Crippen molar-refractivity contribution in [3.63, 3.8) is 0 Å². The average Bonchev–Trinajstić information content (AvgIpc) is 2.56. The molecule has 0 bridgehead atoms. The summed E-state index contributed by atoms with van der Waals surface area (Å²) in [6.45, 7) is 1.84. The third-order valence-corrected chi connectivity index (χ3v) is 4.12. The van der Waals surface area contributed by atoms with E-state index in [1.54, 1.807) is 18.6 Å². The lowest BCUT2D eigenvalue weighted by Gasteiger charge is -2.33. The lowest BCUT2D eigenvalue weighted by Crippen LogP contribution is -2.43. The topological polar surface area (TPSA) is 70.1 Å². The third kappa shape index (κ3) is 4.07. The van der Waals surface area contributed by atoms with Crippen molar-refractivity contribution in [1.82, 2.24) is 19.9 Å². The molecule has 122 valence electrons. The van der Waals surface area contributed by atoms with E-state index in [-0.39, 0.29) is 0 Å². The summed E-state index contributed by atoms with van der Waals surface area (Å²) in [5, 5.41) is 3.50. The first kappa shape index (κ1) is 15.9. The molecule has 0 spiro atoms. The molecule has 0 amide bonds. The summed E-state index contributed by atoms with van der Waals surface area (Å²) in [6.07, 6.45) is 7.56. The number of hydrogen-bond acceptors (Lipinski definition) is 7. The molecular formula is C15H20BrN7. The fourth-order valence-electron chi connectivity index (χ4n) is 2.60. The van der Waals surface area contributed by atoms with Crippen LogP contribution in [0, 0.1) is 0 Å². The Kier molecular flexibility index (Phi) is 4.90. The van der Waals surface area contributed by atoms with Crippen molar-refractivity contribution in [2.75, 3.05) is 42.3 Å². The molecule has 1 aliphatic rings. The average molecular weight is 378 g/mol. The SMILES string of the molecule is CN(C)c1nccc(NC2CCCN(c3ncc(Br)cn3)C2)n1. The Labute approximate surface area is 144 Å². The highest BCUT2D eigenvalue weighted by Crippen LogP contribution is 2.19. The second kappa shape index (κ2) is 7.08. The standard InChI is InChI=1S/C15H20BrN7/c1-22(2)15-17-6-5-13(21-15)20-12-4-3-7-23(10-12)14-18-8-11(16)9-19-14/h5-6,8-9,12H,3-4,7,10H2,1-2H3,(H,17,20,21). The maximum absolute atomic E-state index is 4.52. The number of piperidine rings is 1. The second-order valence-corrected chi connectivity index (χ2v) is 6.68. The molecule has 2 aromatic rings. The molecule has 1 fully saturated rings. The molecule has 0 aliphatic carbocycles. The minimum atomic E-state index is 0.320. The highest BCUT2D eigenvalue weighted by Gasteiger charge is 2.22. The van der Waals surface area contributed by atoms with Crippen molar-refractivity contribution in [1.29, 1.82) is 0 Å². The van der Waals surface area contributed by atoms with Gasteiger partial charge in [0.1, 0.15) is 5.82 Å². The molecule has 1 aliphatic heterocycles. The van der Waals surface area contributed by atoms with Crippen molar-refractivity contribution in [3.05, 3.63) is 29.1 Å². The molecule has 0 aromatic carbocycles. The van der Waals surface area contributed by atoms with E-state index in [4.69, 9.17) is 0 Å². The van der Waals surface area contributed by atoms with Gasteiger partial charge in [0.05, 0.1) is 4.47 Å². The van der Waals surface area contributed by atoms with Crippen LogP contribution in [0.3, 0.4) is 0 Å². The Morgan fingerprint density at radius 2 is 2.04 bits per heavy atom. The fourth-order valence-corrected chi connectivity index (χ4v) is 2.80. The van der Waals surface area contributed by atoms with Crippen LogP contribution in [0.2, 0.25) is 0 Å². The van der Waals surface area contributed by atoms with Crippen LogP contribution in [-0.2, 0) is 0 Å². The number of anilines is 3. The molecule has 0 saturated carbocycles. The first-order valence-corrected chi connectivity index (χ1v) is 8.40. The van der Waals surface area contributed by atoms with Crippen molar-refractivity contribution in [2.24, 2.45) is 0 Å². The predicted octanol–water partition coefficient (Wildman–Crippen LogP) is 2.18. The monoisotopic (exact) mass is 377 g/mol. The zero-order valence-corrected chi connectivity index (χ0v) is 14.9. The minimum Gasteiger partial charge on any atom is -0.365 e. The number of aromatic nitrogens is 4. The molecule has 1 atom stereocenters. The molecule has 3 heterocycles. The van der Waals surface area contributed by atoms with Gasteiger partial charge >= 0.3 is 0 Å². The van der Waals surface area contributed by atoms with E-state index in [1.165, 1.54) is 0 Å². The van der Waals surface area contributed by atoms with Gasteiger partial charge in [-0.15, -0.1) is 0 Å². The maximum atomic E-state index is 4.52. The van der Waals surface area contributed by atoms with E-state index >= 15 is 0 Å². The summed E-state index contributed by atoms with van der Waals surface area (Å²) in [5.41, 5.74) is 0. The van der Waals surface area contributed by atoms with Gasteiger partial charge in [-0.05, 0) is 34.8 Å². The fraction of sp³-hybridized carbons (Fsp3) is 0.467. The lowest BCUT2D eigenvalue weighted by atomic mass is 10.1. The number of rotatable bonds is 4. The quantitative estimate of drug-likeness (QED) is 0.875. The zero-order valence-electron chi connectivity index (χ0n) is 13.3. The molecule has 23 heavy (non-hydrogen) atoms. The van der Waals surface area contributed by atoms with E-state index in [1.807, 2.05) is 25.1 Å². The normalized spacial score (nSPS) is 17.9. The van der Waals surface area contributed by atoms with Crippen LogP contribution in [0.1, 0.15) is 12.8 Å². The third-order valence-electron chi connectivity index (χ3n) is 3.71. The minimum absolute atomic E-state index is 0.320. The van der Waals surface area contributed by atoms with Crippen LogP contribution in [0.4, 0.5) is 17.7 Å². The van der Waals surface area contributed by atoms with Gasteiger partial charge in [0.2, 0.25) is 11.9 Å².